The molecule has 1 aliphatic heterocycles. The molecule has 1 saturated carbocycles. The fraction of sp³-hybridized carbons (Fsp3) is 0.438. The first-order chi connectivity index (χ1) is 12.3. The number of carbonyl (C=O) groups is 1. The Morgan fingerprint density at radius 2 is 2.19 bits per heavy atom. The number of nitrogens with one attached hydrogen (secondary N) is 2. The minimum absolute atomic E-state index is 0.0296. The predicted octanol–water partition coefficient (Wildman–Crippen LogP) is 1.00. The van der Waals surface area contributed by atoms with Crippen LogP contribution in [0.1, 0.15) is 34.5 Å². The molecule has 26 heavy (non-hydrogen) atoms. The Morgan fingerprint density at radius 3 is 2.77 bits per heavy atom. The van der Waals surface area contributed by atoms with E-state index in [1.807, 2.05) is 0 Å². The number of aromatic nitrogens is 1. The van der Waals surface area contributed by atoms with Gasteiger partial charge < -0.3 is 22.1 Å². The Labute approximate surface area is 147 Å². The van der Waals surface area contributed by atoms with Crippen molar-refractivity contribution in [3.8, 4) is 0 Å². The maximum Gasteiger partial charge on any atom is 0.254 e. The van der Waals surface area contributed by atoms with E-state index in [-0.39, 0.29) is 29.2 Å². The zero-order chi connectivity index (χ0) is 19.1. The Morgan fingerprint density at radius 1 is 1.46 bits per heavy atom. The first-order valence-electron chi connectivity index (χ1n) is 8.02. The third-order valence-electron chi connectivity index (χ3n) is 4.50. The average Bonchev–Trinajstić information content (AvgIpc) is 3.07. The smallest absolute Gasteiger partial charge is 0.254 e. The van der Waals surface area contributed by atoms with Gasteiger partial charge in [-0.2, -0.15) is 0 Å². The third-order valence-corrected chi connectivity index (χ3v) is 4.50. The molecule has 3 rings (SSSR count). The molecule has 6 N–H and O–H groups in total. The van der Waals surface area contributed by atoms with Crippen LogP contribution in [0.3, 0.4) is 0 Å². The average molecular weight is 368 g/mol. The molecule has 1 fully saturated rings. The largest absolute Gasteiger partial charge is 0.404 e. The van der Waals surface area contributed by atoms with E-state index >= 15 is 0 Å². The number of hydrogen-bond acceptors (Lipinski definition) is 6. The summed E-state index contributed by atoms with van der Waals surface area (Å²) in [6, 6.07) is -1.68. The van der Waals surface area contributed by atoms with Crippen LogP contribution in [-0.4, -0.2) is 42.2 Å². The van der Waals surface area contributed by atoms with Crippen LogP contribution in [0.5, 0.6) is 0 Å². The number of amides is 1. The van der Waals surface area contributed by atoms with Gasteiger partial charge in [-0.3, -0.25) is 9.79 Å². The molecular weight excluding hydrogens is 349 g/mol. The lowest BCUT2D eigenvalue weighted by atomic mass is 10.0. The molecule has 0 saturated heterocycles. The summed E-state index contributed by atoms with van der Waals surface area (Å²) < 4.78 is 41.9. The van der Waals surface area contributed by atoms with E-state index in [4.69, 9.17) is 11.5 Å². The number of alkyl halides is 2. The normalized spacial score (nSPS) is 24.8. The minimum atomic E-state index is -2.91. The van der Waals surface area contributed by atoms with Gasteiger partial charge in [0.25, 0.3) is 11.8 Å². The monoisotopic (exact) mass is 368 g/mol. The number of anilines is 1. The molecule has 7 nitrogen and oxygen atoms in total. The molecule has 1 aliphatic carbocycles. The number of carbonyl (C=O) groups excluding carboxylic acids is 1. The van der Waals surface area contributed by atoms with Crippen LogP contribution < -0.4 is 22.1 Å². The number of nitrogens with zero attached hydrogens (tertiary/aromatic N) is 2. The molecule has 1 aromatic rings. The molecule has 0 aromatic carbocycles. The molecule has 10 heteroatoms. The van der Waals surface area contributed by atoms with E-state index in [0.29, 0.717) is 5.57 Å². The number of nitrogens with two attached hydrogens (primary N) is 2. The van der Waals surface area contributed by atoms with E-state index in [9.17, 15) is 18.0 Å². The molecule has 1 amide bonds. The van der Waals surface area contributed by atoms with Gasteiger partial charge in [0.15, 0.2) is 11.6 Å². The maximum absolute atomic E-state index is 14.8. The lowest BCUT2D eigenvalue weighted by Gasteiger charge is -2.19. The van der Waals surface area contributed by atoms with E-state index in [0.717, 1.165) is 0 Å². The topological polar surface area (TPSA) is 118 Å². The molecule has 0 unspecified atom stereocenters. The van der Waals surface area contributed by atoms with Gasteiger partial charge >= 0.3 is 0 Å². The van der Waals surface area contributed by atoms with Crippen molar-refractivity contribution in [3.05, 3.63) is 28.8 Å². The number of halogens is 3. The molecule has 0 radical (unpaired) electrons. The first-order valence-corrected chi connectivity index (χ1v) is 8.02. The number of hydrogen-bond donors (Lipinski definition) is 4. The van der Waals surface area contributed by atoms with Crippen LogP contribution in [0.25, 0.3) is 5.57 Å². The Bertz CT molecular complexity index is 808. The highest BCUT2D eigenvalue weighted by Crippen LogP contribution is 2.37. The van der Waals surface area contributed by atoms with Crippen molar-refractivity contribution in [1.82, 2.24) is 10.3 Å². The summed E-state index contributed by atoms with van der Waals surface area (Å²) in [4.78, 5) is 20.1. The SMILES string of the molecule is CN=C/C(=C\N)c1nc(N[C@@H]2CC(F)(F)C[C@@H]2N)c(F)c2c1C(=O)NC2. The fourth-order valence-electron chi connectivity index (χ4n) is 3.28. The number of rotatable bonds is 4. The molecule has 2 aliphatic rings. The van der Waals surface area contributed by atoms with Crippen molar-refractivity contribution >= 4 is 23.5 Å². The summed E-state index contributed by atoms with van der Waals surface area (Å²) in [6.07, 6.45) is 1.57. The summed E-state index contributed by atoms with van der Waals surface area (Å²) in [6.45, 7) is -0.0296. The predicted molar refractivity (Wildman–Crippen MR) is 91.5 cm³/mol. The second kappa shape index (κ2) is 6.60. The molecule has 1 aromatic heterocycles. The summed E-state index contributed by atoms with van der Waals surface area (Å²) in [7, 11) is 1.51. The van der Waals surface area contributed by atoms with Crippen LogP contribution in [0, 0.1) is 5.82 Å². The summed E-state index contributed by atoms with van der Waals surface area (Å²) >= 11 is 0. The van der Waals surface area contributed by atoms with Crippen molar-refractivity contribution in [2.75, 3.05) is 12.4 Å². The van der Waals surface area contributed by atoms with Crippen LogP contribution >= 0.6 is 0 Å². The standard InChI is InChI=1S/C16H19F3N6O/c1-22-5-7(4-20)13-11-8(6-23-15(11)26)12(17)14(25-13)24-10-3-16(18,19)2-9(10)21/h4-5,9-10H,2-3,6,20-21H2,1H3,(H,23,26)(H,24,25)/b7-4+,22-5?/t9-,10+/m0/s1. The van der Waals surface area contributed by atoms with Gasteiger partial charge in [0.2, 0.25) is 0 Å². The quantitative estimate of drug-likeness (QED) is 0.592. The van der Waals surface area contributed by atoms with Gasteiger partial charge in [0.1, 0.15) is 0 Å². The zero-order valence-electron chi connectivity index (χ0n) is 14.0. The van der Waals surface area contributed by atoms with E-state index < -0.39 is 42.6 Å². The van der Waals surface area contributed by atoms with Gasteiger partial charge in [-0.1, -0.05) is 0 Å². The zero-order valence-corrected chi connectivity index (χ0v) is 14.0. The Kier molecular flexibility index (Phi) is 4.61. The van der Waals surface area contributed by atoms with Crippen LogP contribution in [0.4, 0.5) is 19.0 Å². The highest BCUT2D eigenvalue weighted by molar-refractivity contribution is 6.14. The highest BCUT2D eigenvalue weighted by Gasteiger charge is 2.45. The highest BCUT2D eigenvalue weighted by atomic mass is 19.3. The lowest BCUT2D eigenvalue weighted by Crippen LogP contribution is -2.36. The Hall–Kier alpha value is -2.62. The third kappa shape index (κ3) is 3.12. The molecule has 2 atom stereocenters. The molecule has 0 bridgehead atoms. The van der Waals surface area contributed by atoms with Crippen molar-refractivity contribution in [3.63, 3.8) is 0 Å². The van der Waals surface area contributed by atoms with E-state index in [1.54, 1.807) is 0 Å². The van der Waals surface area contributed by atoms with Crippen molar-refractivity contribution in [2.45, 2.75) is 37.4 Å². The summed E-state index contributed by atoms with van der Waals surface area (Å²) in [5, 5.41) is 5.20. The van der Waals surface area contributed by atoms with Crippen molar-refractivity contribution in [2.24, 2.45) is 16.5 Å². The minimum Gasteiger partial charge on any atom is -0.404 e. The fourth-order valence-corrected chi connectivity index (χ4v) is 3.28. The second-order valence-electron chi connectivity index (χ2n) is 6.35. The van der Waals surface area contributed by atoms with E-state index in [2.05, 4.69) is 20.6 Å². The van der Waals surface area contributed by atoms with Gasteiger partial charge in [-0.05, 0) is 0 Å². The van der Waals surface area contributed by atoms with Crippen molar-refractivity contribution < 1.29 is 18.0 Å². The van der Waals surface area contributed by atoms with Crippen LogP contribution in [-0.2, 0) is 6.54 Å². The molecule has 2 heterocycles. The van der Waals surface area contributed by atoms with Crippen LogP contribution in [0.15, 0.2) is 11.2 Å². The lowest BCUT2D eigenvalue weighted by molar-refractivity contribution is 0.00733. The van der Waals surface area contributed by atoms with Gasteiger partial charge in [-0.15, -0.1) is 0 Å². The second-order valence-corrected chi connectivity index (χ2v) is 6.35. The van der Waals surface area contributed by atoms with Gasteiger partial charge in [0, 0.05) is 62.1 Å². The van der Waals surface area contributed by atoms with Gasteiger partial charge in [-0.25, -0.2) is 18.2 Å². The summed E-state index contributed by atoms with van der Waals surface area (Å²) in [5.41, 5.74) is 11.9. The first kappa shape index (κ1) is 18.2. The number of allylic oxidation sites excluding steroid dienone is 1. The van der Waals surface area contributed by atoms with Crippen LogP contribution in [0.2, 0.25) is 0 Å². The molecule has 0 spiro atoms. The number of aliphatic imine (C=N–C) groups is 1. The number of pyridine rings is 1. The number of fused-ring (bicyclic) bond motifs is 1. The van der Waals surface area contributed by atoms with Crippen molar-refractivity contribution in [1.29, 1.82) is 0 Å². The van der Waals surface area contributed by atoms with Gasteiger partial charge in [0.05, 0.1) is 11.3 Å². The van der Waals surface area contributed by atoms with E-state index in [1.165, 1.54) is 19.5 Å². The summed E-state index contributed by atoms with van der Waals surface area (Å²) in [5.74, 6) is -4.41. The molecular formula is C16H19F3N6O. The maximum atomic E-state index is 14.8. The Balaban J connectivity index is 2.06. The molecule has 140 valence electrons.